The summed E-state index contributed by atoms with van der Waals surface area (Å²) in [5, 5.41) is 16.4. The van der Waals surface area contributed by atoms with Gasteiger partial charge in [-0.25, -0.2) is 4.79 Å². The van der Waals surface area contributed by atoms with Crippen LogP contribution >= 0.6 is 11.6 Å². The van der Waals surface area contributed by atoms with Gasteiger partial charge in [0.2, 0.25) is 5.91 Å². The average Bonchev–Trinajstić information content (AvgIpc) is 2.90. The van der Waals surface area contributed by atoms with E-state index in [2.05, 4.69) is 10.4 Å². The molecule has 1 amide bonds. The first-order chi connectivity index (χ1) is 10.3. The van der Waals surface area contributed by atoms with Crippen molar-refractivity contribution in [3.8, 4) is 0 Å². The molecule has 0 saturated heterocycles. The van der Waals surface area contributed by atoms with E-state index in [0.29, 0.717) is 10.7 Å². The fourth-order valence-corrected chi connectivity index (χ4v) is 1.91. The fourth-order valence-electron chi connectivity index (χ4n) is 1.78. The van der Waals surface area contributed by atoms with Crippen LogP contribution in [0.3, 0.4) is 0 Å². The predicted octanol–water partition coefficient (Wildman–Crippen LogP) is 2.54. The van der Waals surface area contributed by atoms with E-state index in [-0.39, 0.29) is 12.3 Å². The minimum atomic E-state index is -1.18. The molecular formula is C15H16ClN3O3. The number of anilines is 1. The van der Waals surface area contributed by atoms with Gasteiger partial charge in [-0.2, -0.15) is 5.10 Å². The van der Waals surface area contributed by atoms with Gasteiger partial charge in [0, 0.05) is 11.2 Å². The van der Waals surface area contributed by atoms with Crippen LogP contribution in [0.5, 0.6) is 0 Å². The Morgan fingerprint density at radius 1 is 1.32 bits per heavy atom. The number of carbonyl (C=O) groups excluding carboxylic acids is 1. The number of hydrogen-bond acceptors (Lipinski definition) is 3. The first kappa shape index (κ1) is 16.0. The first-order valence-corrected chi connectivity index (χ1v) is 6.99. The maximum atomic E-state index is 12.0. The van der Waals surface area contributed by atoms with Crippen LogP contribution < -0.4 is 5.32 Å². The summed E-state index contributed by atoms with van der Waals surface area (Å²) in [4.78, 5) is 23.1. The van der Waals surface area contributed by atoms with Crippen LogP contribution in [0.4, 0.5) is 5.69 Å². The number of amides is 1. The van der Waals surface area contributed by atoms with Gasteiger partial charge >= 0.3 is 5.97 Å². The lowest BCUT2D eigenvalue weighted by molar-refractivity contribution is -0.146. The molecule has 0 spiro atoms. The lowest BCUT2D eigenvalue weighted by atomic mass is 10.1. The molecule has 0 aliphatic heterocycles. The van der Waals surface area contributed by atoms with Gasteiger partial charge in [0.15, 0.2) is 5.54 Å². The summed E-state index contributed by atoms with van der Waals surface area (Å²) in [6.45, 7) is 3.06. The van der Waals surface area contributed by atoms with Crippen LogP contribution in [-0.4, -0.2) is 26.8 Å². The molecular weight excluding hydrogens is 306 g/mol. The van der Waals surface area contributed by atoms with E-state index in [9.17, 15) is 9.59 Å². The Kier molecular flexibility index (Phi) is 4.51. The van der Waals surface area contributed by atoms with Crippen LogP contribution in [0.25, 0.3) is 0 Å². The van der Waals surface area contributed by atoms with Crippen molar-refractivity contribution < 1.29 is 14.7 Å². The molecule has 0 aliphatic rings. The number of aromatic nitrogens is 2. The van der Waals surface area contributed by atoms with Crippen molar-refractivity contribution in [3.63, 3.8) is 0 Å². The zero-order valence-electron chi connectivity index (χ0n) is 12.2. The molecule has 0 saturated carbocycles. The van der Waals surface area contributed by atoms with Crippen LogP contribution in [-0.2, 0) is 21.5 Å². The normalized spacial score (nSPS) is 11.2. The Labute approximate surface area is 132 Å². The second-order valence-corrected chi connectivity index (χ2v) is 5.83. The van der Waals surface area contributed by atoms with E-state index >= 15 is 0 Å². The summed E-state index contributed by atoms with van der Waals surface area (Å²) in [6.07, 6.45) is 3.11. The third-order valence-corrected chi connectivity index (χ3v) is 3.49. The number of aliphatic carboxylic acids is 1. The molecule has 1 heterocycles. The minimum absolute atomic E-state index is 0.199. The second-order valence-electron chi connectivity index (χ2n) is 5.39. The molecule has 0 bridgehead atoms. The maximum absolute atomic E-state index is 12.0. The van der Waals surface area contributed by atoms with Gasteiger partial charge in [0.05, 0.1) is 18.3 Å². The van der Waals surface area contributed by atoms with E-state index in [1.54, 1.807) is 24.3 Å². The number of carbonyl (C=O) groups is 2. The van der Waals surface area contributed by atoms with Gasteiger partial charge < -0.3 is 10.4 Å². The number of halogens is 1. The summed E-state index contributed by atoms with van der Waals surface area (Å²) in [7, 11) is 0. The SMILES string of the molecule is CC(C)(C(=O)O)n1cc(NC(=O)Cc2ccc(Cl)cc2)cn1. The Morgan fingerprint density at radius 2 is 1.95 bits per heavy atom. The first-order valence-electron chi connectivity index (χ1n) is 6.62. The third-order valence-electron chi connectivity index (χ3n) is 3.24. The molecule has 116 valence electrons. The molecule has 6 nitrogen and oxygen atoms in total. The van der Waals surface area contributed by atoms with Crippen LogP contribution in [0.2, 0.25) is 5.02 Å². The molecule has 2 rings (SSSR count). The lowest BCUT2D eigenvalue weighted by Gasteiger charge is -2.19. The van der Waals surface area contributed by atoms with Crippen LogP contribution in [0, 0.1) is 0 Å². The molecule has 22 heavy (non-hydrogen) atoms. The molecule has 0 unspecified atom stereocenters. The van der Waals surface area contributed by atoms with Gasteiger partial charge in [-0.05, 0) is 31.5 Å². The molecule has 1 aromatic carbocycles. The molecule has 0 fully saturated rings. The van der Waals surface area contributed by atoms with Gasteiger partial charge in [0.1, 0.15) is 0 Å². The van der Waals surface area contributed by atoms with E-state index < -0.39 is 11.5 Å². The highest BCUT2D eigenvalue weighted by Crippen LogP contribution is 2.17. The Balaban J connectivity index is 2.02. The van der Waals surface area contributed by atoms with Crippen molar-refractivity contribution in [3.05, 3.63) is 47.2 Å². The van der Waals surface area contributed by atoms with Crippen molar-refractivity contribution in [2.75, 3.05) is 5.32 Å². The Hall–Kier alpha value is -2.34. The van der Waals surface area contributed by atoms with Crippen LogP contribution in [0.1, 0.15) is 19.4 Å². The number of nitrogens with zero attached hydrogens (tertiary/aromatic N) is 2. The minimum Gasteiger partial charge on any atom is -0.479 e. The Morgan fingerprint density at radius 3 is 2.55 bits per heavy atom. The number of rotatable bonds is 5. The van der Waals surface area contributed by atoms with Gasteiger partial charge in [-0.3, -0.25) is 9.48 Å². The zero-order valence-corrected chi connectivity index (χ0v) is 13.0. The summed E-state index contributed by atoms with van der Waals surface area (Å²) in [6, 6.07) is 6.99. The molecule has 2 N–H and O–H groups in total. The number of carboxylic acids is 1. The van der Waals surface area contributed by atoms with E-state index in [4.69, 9.17) is 16.7 Å². The summed E-state index contributed by atoms with van der Waals surface area (Å²) >= 11 is 5.79. The monoisotopic (exact) mass is 321 g/mol. The maximum Gasteiger partial charge on any atom is 0.331 e. The highest BCUT2D eigenvalue weighted by Gasteiger charge is 2.30. The van der Waals surface area contributed by atoms with Crippen molar-refractivity contribution in [2.45, 2.75) is 25.8 Å². The summed E-state index contributed by atoms with van der Waals surface area (Å²) in [5.74, 6) is -1.22. The zero-order chi connectivity index (χ0) is 16.3. The fraction of sp³-hybridized carbons (Fsp3) is 0.267. The van der Waals surface area contributed by atoms with Crippen molar-refractivity contribution in [1.82, 2.24) is 9.78 Å². The highest BCUT2D eigenvalue weighted by atomic mass is 35.5. The van der Waals surface area contributed by atoms with Crippen molar-refractivity contribution >= 4 is 29.2 Å². The Bertz CT molecular complexity index is 692. The lowest BCUT2D eigenvalue weighted by Crippen LogP contribution is -2.35. The molecule has 1 aromatic heterocycles. The second kappa shape index (κ2) is 6.19. The van der Waals surface area contributed by atoms with Crippen molar-refractivity contribution in [1.29, 1.82) is 0 Å². The summed E-state index contributed by atoms with van der Waals surface area (Å²) in [5.41, 5.74) is 0.104. The third kappa shape index (κ3) is 3.65. The number of benzene rings is 1. The average molecular weight is 322 g/mol. The molecule has 0 aliphatic carbocycles. The smallest absolute Gasteiger partial charge is 0.331 e. The van der Waals surface area contributed by atoms with Crippen LogP contribution in [0.15, 0.2) is 36.7 Å². The van der Waals surface area contributed by atoms with E-state index in [0.717, 1.165) is 5.56 Å². The quantitative estimate of drug-likeness (QED) is 0.886. The number of hydrogen-bond donors (Lipinski definition) is 2. The molecule has 0 radical (unpaired) electrons. The molecule has 0 atom stereocenters. The van der Waals surface area contributed by atoms with Gasteiger partial charge in [-0.1, -0.05) is 23.7 Å². The largest absolute Gasteiger partial charge is 0.479 e. The standard InChI is InChI=1S/C15H16ClN3O3/c1-15(2,14(21)22)19-9-12(8-17-19)18-13(20)7-10-3-5-11(16)6-4-10/h3-6,8-9H,7H2,1-2H3,(H,18,20)(H,21,22). The van der Waals surface area contributed by atoms with E-state index in [1.807, 2.05) is 0 Å². The number of nitrogens with one attached hydrogen (secondary N) is 1. The summed E-state index contributed by atoms with van der Waals surface area (Å²) < 4.78 is 1.30. The number of carboxylic acid groups (broad SMARTS) is 1. The highest BCUT2D eigenvalue weighted by molar-refractivity contribution is 6.30. The predicted molar refractivity (Wildman–Crippen MR) is 83.0 cm³/mol. The molecule has 7 heteroatoms. The van der Waals surface area contributed by atoms with E-state index in [1.165, 1.54) is 30.9 Å². The topological polar surface area (TPSA) is 84.2 Å². The van der Waals surface area contributed by atoms with Gasteiger partial charge in [-0.15, -0.1) is 0 Å². The van der Waals surface area contributed by atoms with Gasteiger partial charge in [0.25, 0.3) is 0 Å². The van der Waals surface area contributed by atoms with Crippen molar-refractivity contribution in [2.24, 2.45) is 0 Å². The molecule has 2 aromatic rings.